The molecular weight excluding hydrogens is 334 g/mol. The van der Waals surface area contributed by atoms with Gasteiger partial charge in [-0.15, -0.1) is 0 Å². The molecule has 3 rings (SSSR count). The van der Waals surface area contributed by atoms with Crippen molar-refractivity contribution in [2.45, 2.75) is 12.5 Å². The number of ketones is 1. The molecule has 0 radical (unpaired) electrons. The highest BCUT2D eigenvalue weighted by atomic mass is 16.6. The van der Waals surface area contributed by atoms with Gasteiger partial charge in [0.25, 0.3) is 0 Å². The number of methoxy groups -OCH3 is 1. The van der Waals surface area contributed by atoms with E-state index in [0.717, 1.165) is 5.56 Å². The fourth-order valence-corrected chi connectivity index (χ4v) is 2.44. The fraction of sp³-hybridized carbons (Fsp3) is 0.158. The van der Waals surface area contributed by atoms with Gasteiger partial charge in [0.05, 0.1) is 13.2 Å². The van der Waals surface area contributed by atoms with Gasteiger partial charge in [0.1, 0.15) is 0 Å². The number of Topliss-reactive ketones (excluding diaryl/α,β-unsaturated/α-hetero) is 1. The van der Waals surface area contributed by atoms with Gasteiger partial charge in [-0.3, -0.25) is 4.79 Å². The third-order valence-electron chi connectivity index (χ3n) is 3.88. The molecule has 1 atom stereocenters. The predicted octanol–water partition coefficient (Wildman–Crippen LogP) is 2.33. The molecule has 0 bridgehead atoms. The van der Waals surface area contributed by atoms with Crippen molar-refractivity contribution < 1.29 is 18.8 Å². The number of benzene rings is 2. The van der Waals surface area contributed by atoms with Crippen molar-refractivity contribution in [1.29, 1.82) is 0 Å². The van der Waals surface area contributed by atoms with Gasteiger partial charge in [-0.05, 0) is 11.1 Å². The molecule has 2 aromatic carbocycles. The average molecular weight is 351 g/mol. The molecule has 2 N–H and O–H groups in total. The number of carbonyl (C=O) groups excluding carboxylic acids is 2. The Morgan fingerprint density at radius 2 is 1.81 bits per heavy atom. The van der Waals surface area contributed by atoms with Crippen molar-refractivity contribution in [2.24, 2.45) is 5.73 Å². The molecule has 1 unspecified atom stereocenters. The summed E-state index contributed by atoms with van der Waals surface area (Å²) in [6, 6.07) is 15.6. The Morgan fingerprint density at radius 3 is 2.46 bits per heavy atom. The SMILES string of the molecule is COC(=O)c1nc(-c2ccc(C(N)C(=O)Cc3ccccc3)cc2)no1. The number of rotatable bonds is 6. The zero-order chi connectivity index (χ0) is 18.5. The normalized spacial score (nSPS) is 11.8. The van der Waals surface area contributed by atoms with Gasteiger partial charge in [0.2, 0.25) is 5.82 Å². The summed E-state index contributed by atoms with van der Waals surface area (Å²) in [4.78, 5) is 27.7. The minimum Gasteiger partial charge on any atom is -0.462 e. The number of esters is 1. The third kappa shape index (κ3) is 3.84. The van der Waals surface area contributed by atoms with Crippen molar-refractivity contribution >= 4 is 11.8 Å². The molecule has 1 heterocycles. The second kappa shape index (κ2) is 7.71. The summed E-state index contributed by atoms with van der Waals surface area (Å²) in [5.74, 6) is -0.743. The molecule has 7 nitrogen and oxygen atoms in total. The number of hydrogen-bond acceptors (Lipinski definition) is 7. The summed E-state index contributed by atoms with van der Waals surface area (Å²) < 4.78 is 9.36. The van der Waals surface area contributed by atoms with E-state index in [-0.39, 0.29) is 23.9 Å². The van der Waals surface area contributed by atoms with Crippen molar-refractivity contribution in [3.63, 3.8) is 0 Å². The first kappa shape index (κ1) is 17.5. The smallest absolute Gasteiger partial charge is 0.397 e. The largest absolute Gasteiger partial charge is 0.462 e. The molecule has 0 saturated carbocycles. The van der Waals surface area contributed by atoms with E-state index in [1.165, 1.54) is 7.11 Å². The third-order valence-corrected chi connectivity index (χ3v) is 3.88. The van der Waals surface area contributed by atoms with Crippen molar-refractivity contribution in [3.8, 4) is 11.4 Å². The number of ether oxygens (including phenoxy) is 1. The highest BCUT2D eigenvalue weighted by molar-refractivity contribution is 5.87. The quantitative estimate of drug-likeness (QED) is 0.679. The Labute approximate surface area is 149 Å². The molecule has 0 saturated heterocycles. The van der Waals surface area contributed by atoms with Crippen LogP contribution in [0.15, 0.2) is 59.1 Å². The van der Waals surface area contributed by atoms with Crippen molar-refractivity contribution in [3.05, 3.63) is 71.6 Å². The lowest BCUT2D eigenvalue weighted by molar-refractivity contribution is -0.119. The maximum Gasteiger partial charge on any atom is 0.397 e. The molecule has 0 aliphatic heterocycles. The number of hydrogen-bond donors (Lipinski definition) is 1. The Kier molecular flexibility index (Phi) is 5.19. The van der Waals surface area contributed by atoms with Gasteiger partial charge < -0.3 is 15.0 Å². The predicted molar refractivity (Wildman–Crippen MR) is 93.2 cm³/mol. The molecule has 1 aromatic heterocycles. The van der Waals surface area contributed by atoms with Crippen LogP contribution in [0.5, 0.6) is 0 Å². The molecule has 0 spiro atoms. The van der Waals surface area contributed by atoms with Crippen LogP contribution in [0.1, 0.15) is 27.9 Å². The van der Waals surface area contributed by atoms with E-state index >= 15 is 0 Å². The highest BCUT2D eigenvalue weighted by Crippen LogP contribution is 2.20. The molecule has 3 aromatic rings. The van der Waals surface area contributed by atoms with Crippen LogP contribution in [0.4, 0.5) is 0 Å². The first-order valence-electron chi connectivity index (χ1n) is 7.93. The topological polar surface area (TPSA) is 108 Å². The van der Waals surface area contributed by atoms with Crippen LogP contribution in [0.3, 0.4) is 0 Å². The summed E-state index contributed by atoms with van der Waals surface area (Å²) in [6.07, 6.45) is 0.275. The minimum atomic E-state index is -0.722. The Balaban J connectivity index is 1.71. The van der Waals surface area contributed by atoms with E-state index < -0.39 is 12.0 Å². The van der Waals surface area contributed by atoms with Gasteiger partial charge in [-0.2, -0.15) is 4.98 Å². The van der Waals surface area contributed by atoms with Crippen molar-refractivity contribution in [1.82, 2.24) is 10.1 Å². The van der Waals surface area contributed by atoms with Crippen LogP contribution >= 0.6 is 0 Å². The van der Waals surface area contributed by atoms with Crippen LogP contribution in [0.25, 0.3) is 11.4 Å². The van der Waals surface area contributed by atoms with Crippen LogP contribution in [0.2, 0.25) is 0 Å². The van der Waals surface area contributed by atoms with E-state index in [1.807, 2.05) is 30.3 Å². The number of nitrogens with two attached hydrogens (primary N) is 1. The van der Waals surface area contributed by atoms with Gasteiger partial charge >= 0.3 is 11.9 Å². The standard InChI is InChI=1S/C19H17N3O4/c1-25-19(24)18-21-17(22-26-18)14-9-7-13(8-10-14)16(20)15(23)11-12-5-3-2-4-6-12/h2-10,16H,11,20H2,1H3. The van der Waals surface area contributed by atoms with E-state index in [1.54, 1.807) is 24.3 Å². The molecular formula is C19H17N3O4. The van der Waals surface area contributed by atoms with Gasteiger partial charge in [0, 0.05) is 12.0 Å². The van der Waals surface area contributed by atoms with Gasteiger partial charge in [-0.1, -0.05) is 59.8 Å². The zero-order valence-corrected chi connectivity index (χ0v) is 14.1. The van der Waals surface area contributed by atoms with E-state index in [4.69, 9.17) is 10.3 Å². The maximum absolute atomic E-state index is 12.4. The minimum absolute atomic E-state index is 0.0727. The van der Waals surface area contributed by atoms with Crippen LogP contribution in [0, 0.1) is 0 Å². The lowest BCUT2D eigenvalue weighted by Gasteiger charge is -2.11. The van der Waals surface area contributed by atoms with E-state index in [2.05, 4.69) is 14.9 Å². The first-order chi connectivity index (χ1) is 12.6. The molecule has 0 aliphatic rings. The first-order valence-corrected chi connectivity index (χ1v) is 7.93. The van der Waals surface area contributed by atoms with Crippen LogP contribution in [-0.4, -0.2) is 29.0 Å². The van der Waals surface area contributed by atoms with Gasteiger partial charge in [0.15, 0.2) is 5.78 Å². The van der Waals surface area contributed by atoms with Crippen molar-refractivity contribution in [2.75, 3.05) is 7.11 Å². The molecule has 0 fully saturated rings. The second-order valence-electron chi connectivity index (χ2n) is 5.64. The summed E-state index contributed by atoms with van der Waals surface area (Å²) >= 11 is 0. The summed E-state index contributed by atoms with van der Waals surface area (Å²) in [5, 5.41) is 3.74. The summed E-state index contributed by atoms with van der Waals surface area (Å²) in [5.41, 5.74) is 8.32. The average Bonchev–Trinajstić information content (AvgIpc) is 3.18. The van der Waals surface area contributed by atoms with Crippen LogP contribution < -0.4 is 5.73 Å². The van der Waals surface area contributed by atoms with E-state index in [9.17, 15) is 9.59 Å². The molecule has 0 aliphatic carbocycles. The summed E-state index contributed by atoms with van der Waals surface area (Å²) in [7, 11) is 1.23. The van der Waals surface area contributed by atoms with Gasteiger partial charge in [-0.25, -0.2) is 4.79 Å². The summed E-state index contributed by atoms with van der Waals surface area (Å²) in [6.45, 7) is 0. The number of nitrogens with zero attached hydrogens (tertiary/aromatic N) is 2. The Morgan fingerprint density at radius 1 is 1.12 bits per heavy atom. The zero-order valence-electron chi connectivity index (χ0n) is 14.1. The molecule has 0 amide bonds. The molecule has 132 valence electrons. The lowest BCUT2D eigenvalue weighted by Crippen LogP contribution is -2.23. The highest BCUT2D eigenvalue weighted by Gasteiger charge is 2.18. The number of aromatic nitrogens is 2. The molecule has 26 heavy (non-hydrogen) atoms. The lowest BCUT2D eigenvalue weighted by atomic mass is 9.97. The monoisotopic (exact) mass is 351 g/mol. The van der Waals surface area contributed by atoms with Crippen LogP contribution in [-0.2, 0) is 16.0 Å². The number of carbonyl (C=O) groups is 2. The Bertz CT molecular complexity index is 904. The molecule has 7 heteroatoms. The second-order valence-corrected chi connectivity index (χ2v) is 5.64. The fourth-order valence-electron chi connectivity index (χ4n) is 2.44. The maximum atomic E-state index is 12.4. The Hall–Kier alpha value is -3.32. The van der Waals surface area contributed by atoms with E-state index in [0.29, 0.717) is 11.1 Å².